The molecule has 1 saturated carbocycles. The van der Waals surface area contributed by atoms with Crippen molar-refractivity contribution in [2.75, 3.05) is 6.61 Å². The van der Waals surface area contributed by atoms with Crippen LogP contribution in [0.2, 0.25) is 0 Å². The maximum absolute atomic E-state index is 9.05. The molecule has 102 valence electrons. The van der Waals surface area contributed by atoms with Crippen molar-refractivity contribution in [2.24, 2.45) is 5.92 Å². The second-order valence-corrected chi connectivity index (χ2v) is 5.15. The van der Waals surface area contributed by atoms with Gasteiger partial charge in [-0.3, -0.25) is 0 Å². The predicted octanol–water partition coefficient (Wildman–Crippen LogP) is 3.26. The van der Waals surface area contributed by atoms with Gasteiger partial charge in [-0.25, -0.2) is 0 Å². The molecule has 1 N–H and O–H groups in total. The van der Waals surface area contributed by atoms with Gasteiger partial charge >= 0.3 is 0 Å². The van der Waals surface area contributed by atoms with E-state index in [4.69, 9.17) is 10.00 Å². The molecule has 1 aromatic carbocycles. The maximum Gasteiger partial charge on any atom is 0.119 e. The molecular weight excluding hydrogens is 236 g/mol. The number of nitriles is 1. The quantitative estimate of drug-likeness (QED) is 0.852. The largest absolute Gasteiger partial charge is 0.494 e. The highest BCUT2D eigenvalue weighted by Crippen LogP contribution is 2.25. The van der Waals surface area contributed by atoms with Crippen molar-refractivity contribution in [1.82, 2.24) is 5.32 Å². The Labute approximate surface area is 115 Å². The number of hydrogen-bond acceptors (Lipinski definition) is 3. The van der Waals surface area contributed by atoms with Crippen molar-refractivity contribution < 1.29 is 4.74 Å². The number of benzene rings is 1. The zero-order valence-corrected chi connectivity index (χ0v) is 11.6. The zero-order valence-electron chi connectivity index (χ0n) is 11.6. The molecule has 2 atom stereocenters. The fourth-order valence-corrected chi connectivity index (χ4v) is 2.53. The highest BCUT2D eigenvalue weighted by Gasteiger charge is 2.26. The second kappa shape index (κ2) is 7.16. The Kier molecular flexibility index (Phi) is 5.23. The normalized spacial score (nSPS) is 22.1. The molecule has 0 amide bonds. The minimum absolute atomic E-state index is 0.187. The van der Waals surface area contributed by atoms with Gasteiger partial charge in [0.1, 0.15) is 5.75 Å². The number of nitrogens with one attached hydrogen (secondary N) is 1. The van der Waals surface area contributed by atoms with E-state index >= 15 is 0 Å². The Hall–Kier alpha value is -1.53. The van der Waals surface area contributed by atoms with Crippen LogP contribution < -0.4 is 10.1 Å². The van der Waals surface area contributed by atoms with Crippen LogP contribution in [0.15, 0.2) is 24.3 Å². The van der Waals surface area contributed by atoms with Gasteiger partial charge < -0.3 is 10.1 Å². The summed E-state index contributed by atoms with van der Waals surface area (Å²) in [7, 11) is 0. The predicted molar refractivity (Wildman–Crippen MR) is 75.8 cm³/mol. The molecule has 0 aliphatic heterocycles. The molecule has 0 spiro atoms. The van der Waals surface area contributed by atoms with Crippen molar-refractivity contribution in [3.63, 3.8) is 0 Å². The van der Waals surface area contributed by atoms with Gasteiger partial charge in [-0.05, 0) is 37.0 Å². The van der Waals surface area contributed by atoms with Crippen LogP contribution in [0.5, 0.6) is 5.75 Å². The van der Waals surface area contributed by atoms with E-state index in [0.717, 1.165) is 38.2 Å². The number of ether oxygens (including phenoxy) is 1. The summed E-state index contributed by atoms with van der Waals surface area (Å²) in [4.78, 5) is 0. The van der Waals surface area contributed by atoms with Gasteiger partial charge in [0.15, 0.2) is 0 Å². The van der Waals surface area contributed by atoms with Crippen molar-refractivity contribution in [3.8, 4) is 11.8 Å². The molecule has 3 heteroatoms. The second-order valence-electron chi connectivity index (χ2n) is 5.15. The lowest BCUT2D eigenvalue weighted by molar-refractivity contribution is 0.317. The molecule has 2 unspecified atom stereocenters. The fourth-order valence-electron chi connectivity index (χ4n) is 2.53. The minimum atomic E-state index is 0.187. The van der Waals surface area contributed by atoms with Crippen LogP contribution in [0.1, 0.15) is 38.2 Å². The lowest BCUT2D eigenvalue weighted by Crippen LogP contribution is -2.31. The van der Waals surface area contributed by atoms with E-state index in [1.807, 2.05) is 12.1 Å². The molecule has 3 nitrogen and oxygen atoms in total. The first-order valence-electron chi connectivity index (χ1n) is 7.18. The van der Waals surface area contributed by atoms with Gasteiger partial charge in [-0.15, -0.1) is 0 Å². The Balaban J connectivity index is 1.81. The summed E-state index contributed by atoms with van der Waals surface area (Å²) in [5, 5.41) is 12.5. The summed E-state index contributed by atoms with van der Waals surface area (Å²) in [6, 6.07) is 11.0. The van der Waals surface area contributed by atoms with Crippen molar-refractivity contribution in [1.29, 1.82) is 5.26 Å². The molecule has 1 aliphatic carbocycles. The third-order valence-corrected chi connectivity index (χ3v) is 3.65. The van der Waals surface area contributed by atoms with Crippen LogP contribution in [0.3, 0.4) is 0 Å². The van der Waals surface area contributed by atoms with Crippen LogP contribution in [0.25, 0.3) is 0 Å². The van der Waals surface area contributed by atoms with Gasteiger partial charge in [0, 0.05) is 12.6 Å². The third-order valence-electron chi connectivity index (χ3n) is 3.65. The third kappa shape index (κ3) is 3.97. The van der Waals surface area contributed by atoms with E-state index in [1.165, 1.54) is 12.0 Å². The molecule has 19 heavy (non-hydrogen) atoms. The highest BCUT2D eigenvalue weighted by molar-refractivity contribution is 5.27. The fraction of sp³-hybridized carbons (Fsp3) is 0.562. The Morgan fingerprint density at radius 1 is 1.32 bits per heavy atom. The van der Waals surface area contributed by atoms with Crippen LogP contribution in [0.4, 0.5) is 0 Å². The topological polar surface area (TPSA) is 45.0 Å². The first-order valence-corrected chi connectivity index (χ1v) is 7.18. The van der Waals surface area contributed by atoms with Crippen molar-refractivity contribution in [2.45, 2.75) is 45.2 Å². The summed E-state index contributed by atoms with van der Waals surface area (Å²) in [6.07, 6.45) is 4.36. The smallest absolute Gasteiger partial charge is 0.119 e. The van der Waals surface area contributed by atoms with Crippen LogP contribution in [0, 0.1) is 17.2 Å². The molecule has 0 saturated heterocycles. The molecule has 2 rings (SSSR count). The number of hydrogen-bond donors (Lipinski definition) is 1. The van der Waals surface area contributed by atoms with Gasteiger partial charge in [0.25, 0.3) is 0 Å². The number of rotatable bonds is 6. The van der Waals surface area contributed by atoms with E-state index in [-0.39, 0.29) is 5.92 Å². The summed E-state index contributed by atoms with van der Waals surface area (Å²) < 4.78 is 5.56. The molecule has 1 aliphatic rings. The molecule has 0 radical (unpaired) electrons. The lowest BCUT2D eigenvalue weighted by Gasteiger charge is -2.15. The maximum atomic E-state index is 9.05. The molecule has 0 heterocycles. The van der Waals surface area contributed by atoms with Crippen LogP contribution in [-0.2, 0) is 6.54 Å². The van der Waals surface area contributed by atoms with Gasteiger partial charge in [0.2, 0.25) is 0 Å². The zero-order chi connectivity index (χ0) is 13.5. The van der Waals surface area contributed by atoms with Gasteiger partial charge in [-0.2, -0.15) is 5.26 Å². The summed E-state index contributed by atoms with van der Waals surface area (Å²) in [5.74, 6) is 1.12. The standard InChI is InChI=1S/C16H22N2O/c1-2-10-19-15-8-6-13(7-9-15)12-18-16-5-3-4-14(16)11-17/h6-9,14,16,18H,2-5,10,12H2,1H3. The molecule has 0 bridgehead atoms. The van der Waals surface area contributed by atoms with Crippen LogP contribution in [-0.4, -0.2) is 12.6 Å². The molecule has 1 fully saturated rings. The summed E-state index contributed by atoms with van der Waals surface area (Å²) >= 11 is 0. The van der Waals surface area contributed by atoms with Crippen molar-refractivity contribution in [3.05, 3.63) is 29.8 Å². The van der Waals surface area contributed by atoms with E-state index < -0.39 is 0 Å². The summed E-state index contributed by atoms with van der Waals surface area (Å²) in [5.41, 5.74) is 1.24. The van der Waals surface area contributed by atoms with E-state index in [1.54, 1.807) is 0 Å². The Bertz CT molecular complexity index is 421. The van der Waals surface area contributed by atoms with E-state index in [0.29, 0.717) is 6.04 Å². The van der Waals surface area contributed by atoms with Gasteiger partial charge in [0.05, 0.1) is 18.6 Å². The highest BCUT2D eigenvalue weighted by atomic mass is 16.5. The average Bonchev–Trinajstić information content (AvgIpc) is 2.91. The van der Waals surface area contributed by atoms with Crippen molar-refractivity contribution >= 4 is 0 Å². The van der Waals surface area contributed by atoms with Gasteiger partial charge in [-0.1, -0.05) is 25.5 Å². The van der Waals surface area contributed by atoms with E-state index in [2.05, 4.69) is 30.4 Å². The Morgan fingerprint density at radius 2 is 2.11 bits per heavy atom. The van der Waals surface area contributed by atoms with Crippen LogP contribution >= 0.6 is 0 Å². The van der Waals surface area contributed by atoms with E-state index in [9.17, 15) is 0 Å². The molecular formula is C16H22N2O. The first kappa shape index (κ1) is 13.9. The SMILES string of the molecule is CCCOc1ccc(CNC2CCCC2C#N)cc1. The monoisotopic (exact) mass is 258 g/mol. The first-order chi connectivity index (χ1) is 9.33. The molecule has 0 aromatic heterocycles. The lowest BCUT2D eigenvalue weighted by atomic mass is 10.1. The number of nitrogens with zero attached hydrogens (tertiary/aromatic N) is 1. The summed E-state index contributed by atoms with van der Waals surface area (Å²) in [6.45, 7) is 3.70. The molecule has 1 aromatic rings. The minimum Gasteiger partial charge on any atom is -0.494 e. The average molecular weight is 258 g/mol. The Morgan fingerprint density at radius 3 is 2.79 bits per heavy atom.